The van der Waals surface area contributed by atoms with Crippen LogP contribution in [0.4, 0.5) is 5.69 Å². The maximum Gasteiger partial charge on any atom is 0.291 e. The van der Waals surface area contributed by atoms with Crippen LogP contribution in [0.3, 0.4) is 0 Å². The third-order valence-electron chi connectivity index (χ3n) is 3.52. The second-order valence-corrected chi connectivity index (χ2v) is 4.96. The predicted molar refractivity (Wildman–Crippen MR) is 89.5 cm³/mol. The van der Waals surface area contributed by atoms with Gasteiger partial charge in [0.2, 0.25) is 0 Å². The molecule has 3 rings (SSSR count). The number of carbonyl (C=O) groups excluding carboxylic acids is 1. The Bertz CT molecular complexity index is 951. The first-order valence-electron chi connectivity index (χ1n) is 7.13. The summed E-state index contributed by atoms with van der Waals surface area (Å²) in [6.07, 6.45) is 3.11. The fraction of sp³-hybridized carbons (Fsp3) is 0.118. The molecule has 3 aromatic rings. The monoisotopic (exact) mass is 325 g/mol. The van der Waals surface area contributed by atoms with Crippen molar-refractivity contribution in [2.45, 2.75) is 0 Å². The third-order valence-corrected chi connectivity index (χ3v) is 3.52. The quantitative estimate of drug-likeness (QED) is 0.790. The molecule has 2 heterocycles. The van der Waals surface area contributed by atoms with Crippen LogP contribution in [0.2, 0.25) is 0 Å². The topological polar surface area (TPSA) is 82.5 Å². The average Bonchev–Trinajstić information content (AvgIpc) is 2.62. The summed E-state index contributed by atoms with van der Waals surface area (Å²) in [5, 5.41) is 3.69. The summed E-state index contributed by atoms with van der Waals surface area (Å²) < 4.78 is 6.12. The van der Waals surface area contributed by atoms with E-state index in [1.54, 1.807) is 42.6 Å². The highest BCUT2D eigenvalue weighted by Gasteiger charge is 2.17. The second kappa shape index (κ2) is 6.41. The lowest BCUT2D eigenvalue weighted by Crippen LogP contribution is -2.32. The highest BCUT2D eigenvalue weighted by molar-refractivity contribution is 6.05. The van der Waals surface area contributed by atoms with Crippen molar-refractivity contribution >= 4 is 22.4 Å². The van der Waals surface area contributed by atoms with Crippen LogP contribution in [0.1, 0.15) is 10.5 Å². The van der Waals surface area contributed by atoms with Gasteiger partial charge in [-0.1, -0.05) is 0 Å². The molecular weight excluding hydrogens is 310 g/mol. The fourth-order valence-electron chi connectivity index (χ4n) is 2.38. The first-order valence-corrected chi connectivity index (χ1v) is 7.13. The smallest absolute Gasteiger partial charge is 0.291 e. The fourth-order valence-corrected chi connectivity index (χ4v) is 2.38. The van der Waals surface area contributed by atoms with Crippen molar-refractivity contribution < 1.29 is 14.4 Å². The number of amides is 1. The Hall–Kier alpha value is -3.35. The molecule has 1 amide bonds. The zero-order chi connectivity index (χ0) is 17.1. The van der Waals surface area contributed by atoms with Gasteiger partial charge < -0.3 is 14.9 Å². The van der Waals surface area contributed by atoms with Crippen molar-refractivity contribution in [1.82, 2.24) is 9.71 Å². The molecule has 24 heavy (non-hydrogen) atoms. The van der Waals surface area contributed by atoms with Gasteiger partial charge in [0, 0.05) is 6.20 Å². The predicted octanol–water partition coefficient (Wildman–Crippen LogP) is 1.72. The Labute approximate surface area is 137 Å². The number of methoxy groups -OCH3 is 1. The molecule has 1 N–H and O–H groups in total. The van der Waals surface area contributed by atoms with E-state index in [2.05, 4.69) is 10.3 Å². The van der Waals surface area contributed by atoms with Gasteiger partial charge in [0.05, 0.1) is 24.4 Å². The summed E-state index contributed by atoms with van der Waals surface area (Å²) in [4.78, 5) is 34.1. The van der Waals surface area contributed by atoms with Crippen LogP contribution in [0.5, 0.6) is 5.75 Å². The number of benzene rings is 1. The van der Waals surface area contributed by atoms with Crippen molar-refractivity contribution in [1.29, 1.82) is 0 Å². The SMILES string of the molecule is COc1ccc2c(=O)n(OC)c(C(=O)Nc3cccnc3)cc2c1. The minimum absolute atomic E-state index is 0.0760. The van der Waals surface area contributed by atoms with Gasteiger partial charge in [-0.3, -0.25) is 14.6 Å². The zero-order valence-electron chi connectivity index (χ0n) is 13.1. The van der Waals surface area contributed by atoms with Gasteiger partial charge in [0.15, 0.2) is 0 Å². The molecule has 7 nitrogen and oxygen atoms in total. The number of nitrogens with one attached hydrogen (secondary N) is 1. The molecule has 0 bridgehead atoms. The number of fused-ring (bicyclic) bond motifs is 1. The molecule has 0 aliphatic rings. The van der Waals surface area contributed by atoms with Gasteiger partial charge >= 0.3 is 0 Å². The van der Waals surface area contributed by atoms with Crippen molar-refractivity contribution in [3.63, 3.8) is 0 Å². The molecule has 7 heteroatoms. The van der Waals surface area contributed by atoms with Gasteiger partial charge in [0.1, 0.15) is 18.6 Å². The van der Waals surface area contributed by atoms with Crippen LogP contribution in [0.15, 0.2) is 53.6 Å². The number of hydrogen-bond acceptors (Lipinski definition) is 5. The zero-order valence-corrected chi connectivity index (χ0v) is 13.1. The summed E-state index contributed by atoms with van der Waals surface area (Å²) in [5.41, 5.74) is 0.171. The van der Waals surface area contributed by atoms with E-state index >= 15 is 0 Å². The molecule has 0 aliphatic carbocycles. The number of nitrogens with zero attached hydrogens (tertiary/aromatic N) is 2. The highest BCUT2D eigenvalue weighted by Crippen LogP contribution is 2.19. The first kappa shape index (κ1) is 15.5. The molecular formula is C17H15N3O4. The van der Waals surface area contributed by atoms with E-state index in [0.29, 0.717) is 22.2 Å². The lowest BCUT2D eigenvalue weighted by molar-refractivity contribution is 0.0952. The van der Waals surface area contributed by atoms with Crippen LogP contribution in [-0.4, -0.2) is 29.8 Å². The van der Waals surface area contributed by atoms with Crippen molar-refractivity contribution in [2.24, 2.45) is 0 Å². The van der Waals surface area contributed by atoms with Crippen molar-refractivity contribution in [3.8, 4) is 5.75 Å². The molecule has 0 fully saturated rings. The van der Waals surface area contributed by atoms with E-state index in [0.717, 1.165) is 4.73 Å². The summed E-state index contributed by atoms with van der Waals surface area (Å²) in [6.45, 7) is 0. The van der Waals surface area contributed by atoms with Gasteiger partial charge in [-0.2, -0.15) is 0 Å². The minimum Gasteiger partial charge on any atom is -0.497 e. The van der Waals surface area contributed by atoms with Gasteiger partial charge in [0.25, 0.3) is 11.5 Å². The average molecular weight is 325 g/mol. The van der Waals surface area contributed by atoms with Gasteiger partial charge in [-0.15, -0.1) is 4.73 Å². The maximum absolute atomic E-state index is 12.5. The number of pyridine rings is 2. The van der Waals surface area contributed by atoms with Gasteiger partial charge in [-0.25, -0.2) is 0 Å². The lowest BCUT2D eigenvalue weighted by atomic mass is 10.1. The lowest BCUT2D eigenvalue weighted by Gasteiger charge is -2.13. The second-order valence-electron chi connectivity index (χ2n) is 4.96. The van der Waals surface area contributed by atoms with Gasteiger partial charge in [-0.05, 0) is 41.8 Å². The van der Waals surface area contributed by atoms with E-state index in [9.17, 15) is 9.59 Å². The Balaban J connectivity index is 2.11. The Morgan fingerprint density at radius 3 is 2.71 bits per heavy atom. The molecule has 1 aromatic carbocycles. The normalized spacial score (nSPS) is 10.4. The first-order chi connectivity index (χ1) is 11.6. The Morgan fingerprint density at radius 1 is 1.21 bits per heavy atom. The van der Waals surface area contributed by atoms with E-state index in [1.807, 2.05) is 0 Å². The van der Waals surface area contributed by atoms with Crippen LogP contribution < -0.4 is 20.5 Å². The highest BCUT2D eigenvalue weighted by atomic mass is 16.7. The molecule has 0 saturated carbocycles. The van der Waals surface area contributed by atoms with E-state index in [1.165, 1.54) is 20.4 Å². The molecule has 2 aromatic heterocycles. The number of aromatic nitrogens is 2. The van der Waals surface area contributed by atoms with E-state index < -0.39 is 11.5 Å². The van der Waals surface area contributed by atoms with Crippen LogP contribution in [0.25, 0.3) is 10.8 Å². The molecule has 0 atom stereocenters. The molecule has 0 unspecified atom stereocenters. The summed E-state index contributed by atoms with van der Waals surface area (Å²) in [5.74, 6) is 0.113. The number of ether oxygens (including phenoxy) is 1. The number of carbonyl (C=O) groups is 1. The molecule has 0 saturated heterocycles. The number of hydrogen-bond donors (Lipinski definition) is 1. The maximum atomic E-state index is 12.5. The molecule has 122 valence electrons. The third kappa shape index (κ3) is 2.79. The Morgan fingerprint density at radius 2 is 2.04 bits per heavy atom. The molecule has 0 spiro atoms. The summed E-state index contributed by atoms with van der Waals surface area (Å²) in [7, 11) is 2.87. The van der Waals surface area contributed by atoms with Crippen LogP contribution >= 0.6 is 0 Å². The van der Waals surface area contributed by atoms with Crippen molar-refractivity contribution in [3.05, 3.63) is 64.8 Å². The van der Waals surface area contributed by atoms with E-state index in [-0.39, 0.29) is 5.69 Å². The van der Waals surface area contributed by atoms with Crippen LogP contribution in [0, 0.1) is 0 Å². The van der Waals surface area contributed by atoms with E-state index in [4.69, 9.17) is 9.57 Å². The molecule has 0 aliphatic heterocycles. The Kier molecular flexibility index (Phi) is 4.15. The minimum atomic E-state index is -0.480. The summed E-state index contributed by atoms with van der Waals surface area (Å²) in [6, 6.07) is 9.98. The summed E-state index contributed by atoms with van der Waals surface area (Å²) >= 11 is 0. The number of rotatable bonds is 4. The van der Waals surface area contributed by atoms with Crippen LogP contribution in [-0.2, 0) is 0 Å². The number of anilines is 1. The molecule has 0 radical (unpaired) electrons. The van der Waals surface area contributed by atoms with Crippen molar-refractivity contribution in [2.75, 3.05) is 19.5 Å². The largest absolute Gasteiger partial charge is 0.497 e. The standard InChI is InChI=1S/C17H15N3O4/c1-23-13-5-6-14-11(8-13)9-15(20(24-2)17(14)22)16(21)19-12-4-3-7-18-10-12/h3-10H,1-2H3,(H,19,21).